The van der Waals surface area contributed by atoms with Crippen LogP contribution in [0.1, 0.15) is 32.8 Å². The van der Waals surface area contributed by atoms with Crippen molar-refractivity contribution < 1.29 is 18.7 Å². The molecule has 1 rings (SSSR count). The summed E-state index contributed by atoms with van der Waals surface area (Å²) in [5, 5.41) is 12.1. The van der Waals surface area contributed by atoms with Crippen molar-refractivity contribution in [3.63, 3.8) is 0 Å². The molecule has 0 aliphatic heterocycles. The Kier molecular flexibility index (Phi) is 4.40. The second kappa shape index (κ2) is 5.44. The van der Waals surface area contributed by atoms with Crippen molar-refractivity contribution in [3.05, 3.63) is 35.4 Å². The lowest BCUT2D eigenvalue weighted by Gasteiger charge is -2.30. The van der Waals surface area contributed by atoms with E-state index in [1.54, 1.807) is 6.92 Å². The molecule has 0 radical (unpaired) electrons. The van der Waals surface area contributed by atoms with Gasteiger partial charge in [-0.15, -0.1) is 0 Å². The van der Waals surface area contributed by atoms with Crippen molar-refractivity contribution in [2.75, 3.05) is 0 Å². The second-order valence-electron chi connectivity index (χ2n) is 4.51. The molecule has 0 heterocycles. The van der Waals surface area contributed by atoms with Gasteiger partial charge in [-0.2, -0.15) is 0 Å². The Bertz CT molecular complexity index is 451. The summed E-state index contributed by atoms with van der Waals surface area (Å²) in [6, 6.07) is 2.68. The maximum Gasteiger partial charge on any atom is 0.328 e. The lowest BCUT2D eigenvalue weighted by Crippen LogP contribution is -2.51. The number of carboxylic acid groups (broad SMARTS) is 1. The van der Waals surface area contributed by atoms with E-state index >= 15 is 0 Å². The van der Waals surface area contributed by atoms with Crippen LogP contribution in [-0.4, -0.2) is 17.1 Å². The first-order valence-corrected chi connectivity index (χ1v) is 5.78. The predicted molar refractivity (Wildman–Crippen MR) is 64.2 cm³/mol. The minimum atomic E-state index is -1.65. The largest absolute Gasteiger partial charge is 0.480 e. The molecule has 1 aromatic rings. The van der Waals surface area contributed by atoms with Gasteiger partial charge in [-0.3, -0.25) is 5.32 Å². The van der Waals surface area contributed by atoms with Crippen LogP contribution >= 0.6 is 0 Å². The molecule has 2 N–H and O–H groups in total. The highest BCUT2D eigenvalue weighted by Crippen LogP contribution is 2.26. The summed E-state index contributed by atoms with van der Waals surface area (Å²) in [5.41, 5.74) is -1.85. The van der Waals surface area contributed by atoms with Gasteiger partial charge >= 0.3 is 5.97 Å². The maximum absolute atomic E-state index is 13.7. The number of halogens is 2. The quantitative estimate of drug-likeness (QED) is 0.852. The molecule has 1 aromatic carbocycles. The van der Waals surface area contributed by atoms with Crippen LogP contribution in [-0.2, 0) is 10.3 Å². The zero-order chi connectivity index (χ0) is 13.9. The molecule has 0 aliphatic rings. The number of nitrogens with one attached hydrogen (secondary N) is 1. The Hall–Kier alpha value is -1.49. The first-order valence-electron chi connectivity index (χ1n) is 5.78. The Balaban J connectivity index is 3.26. The third-order valence-electron chi connectivity index (χ3n) is 3.04. The molecule has 0 saturated carbocycles. The van der Waals surface area contributed by atoms with E-state index in [0.717, 1.165) is 18.2 Å². The van der Waals surface area contributed by atoms with E-state index < -0.39 is 23.1 Å². The minimum Gasteiger partial charge on any atom is -0.480 e. The van der Waals surface area contributed by atoms with Gasteiger partial charge in [0.2, 0.25) is 0 Å². The molecular weight excluding hydrogens is 240 g/mol. The lowest BCUT2D eigenvalue weighted by atomic mass is 9.90. The van der Waals surface area contributed by atoms with E-state index in [2.05, 4.69) is 5.32 Å². The molecule has 0 fully saturated rings. The van der Waals surface area contributed by atoms with E-state index in [1.807, 2.05) is 6.92 Å². The third kappa shape index (κ3) is 2.85. The first-order chi connectivity index (χ1) is 8.31. The maximum atomic E-state index is 13.7. The first kappa shape index (κ1) is 14.6. The van der Waals surface area contributed by atoms with Crippen LogP contribution in [0.3, 0.4) is 0 Å². The molecular formula is C13H17F2NO2. The van der Waals surface area contributed by atoms with Crippen molar-refractivity contribution in [1.82, 2.24) is 5.32 Å². The highest BCUT2D eigenvalue weighted by Gasteiger charge is 2.38. The fraction of sp³-hybridized carbons (Fsp3) is 0.462. The van der Waals surface area contributed by atoms with Gasteiger partial charge < -0.3 is 5.11 Å². The molecule has 5 heteroatoms. The molecule has 0 amide bonds. The highest BCUT2D eigenvalue weighted by atomic mass is 19.1. The van der Waals surface area contributed by atoms with E-state index in [4.69, 9.17) is 0 Å². The Morgan fingerprint density at radius 1 is 1.50 bits per heavy atom. The van der Waals surface area contributed by atoms with Crippen LogP contribution in [0.2, 0.25) is 0 Å². The fourth-order valence-corrected chi connectivity index (χ4v) is 1.73. The standard InChI is InChI=1S/C13H17F2NO2/c1-4-8(2)16-13(3,12(17)18)10-7-9(14)5-6-11(10)15/h5-8,16H,4H2,1-3H3,(H,17,18). The van der Waals surface area contributed by atoms with Gasteiger partial charge in [-0.1, -0.05) is 6.92 Å². The Morgan fingerprint density at radius 2 is 2.11 bits per heavy atom. The summed E-state index contributed by atoms with van der Waals surface area (Å²) >= 11 is 0. The number of aliphatic carboxylic acids is 1. The second-order valence-corrected chi connectivity index (χ2v) is 4.51. The van der Waals surface area contributed by atoms with Crippen LogP contribution in [0.15, 0.2) is 18.2 Å². The molecule has 3 nitrogen and oxygen atoms in total. The number of benzene rings is 1. The smallest absolute Gasteiger partial charge is 0.328 e. The van der Waals surface area contributed by atoms with Gasteiger partial charge in [-0.05, 0) is 38.5 Å². The third-order valence-corrected chi connectivity index (χ3v) is 3.04. The van der Waals surface area contributed by atoms with Crippen molar-refractivity contribution >= 4 is 5.97 Å². The van der Waals surface area contributed by atoms with E-state index in [-0.39, 0.29) is 11.6 Å². The molecule has 0 bridgehead atoms. The van der Waals surface area contributed by atoms with Crippen LogP contribution < -0.4 is 5.32 Å². The topological polar surface area (TPSA) is 49.3 Å². The van der Waals surface area contributed by atoms with E-state index in [1.165, 1.54) is 6.92 Å². The zero-order valence-corrected chi connectivity index (χ0v) is 10.6. The minimum absolute atomic E-state index is 0.131. The number of carbonyl (C=O) groups is 1. The average molecular weight is 257 g/mol. The molecule has 0 spiro atoms. The molecule has 0 saturated heterocycles. The van der Waals surface area contributed by atoms with Crippen molar-refractivity contribution in [2.45, 2.75) is 38.8 Å². The molecule has 0 aromatic heterocycles. The summed E-state index contributed by atoms with van der Waals surface area (Å²) < 4.78 is 26.9. The van der Waals surface area contributed by atoms with Crippen molar-refractivity contribution in [2.24, 2.45) is 0 Å². The Morgan fingerprint density at radius 3 is 2.61 bits per heavy atom. The van der Waals surface area contributed by atoms with Crippen molar-refractivity contribution in [3.8, 4) is 0 Å². The summed E-state index contributed by atoms with van der Waals surface area (Å²) in [7, 11) is 0. The van der Waals surface area contributed by atoms with Gasteiger partial charge in [-0.25, -0.2) is 13.6 Å². The fourth-order valence-electron chi connectivity index (χ4n) is 1.73. The van der Waals surface area contributed by atoms with Crippen LogP contribution in [0.25, 0.3) is 0 Å². The normalized spacial score (nSPS) is 16.1. The predicted octanol–water partition coefficient (Wildman–Crippen LogP) is 2.65. The summed E-state index contributed by atoms with van der Waals surface area (Å²) in [5.74, 6) is -2.64. The van der Waals surface area contributed by atoms with Gasteiger partial charge in [0, 0.05) is 11.6 Å². The summed E-state index contributed by atoms with van der Waals surface area (Å²) in [6.07, 6.45) is 0.680. The average Bonchev–Trinajstić information content (AvgIpc) is 2.31. The van der Waals surface area contributed by atoms with Crippen LogP contribution in [0.4, 0.5) is 8.78 Å². The summed E-state index contributed by atoms with van der Waals surface area (Å²) in [6.45, 7) is 5.00. The molecule has 2 atom stereocenters. The highest BCUT2D eigenvalue weighted by molar-refractivity contribution is 5.80. The van der Waals surface area contributed by atoms with Gasteiger partial charge in [0.25, 0.3) is 0 Å². The van der Waals surface area contributed by atoms with Gasteiger partial charge in [0.05, 0.1) is 0 Å². The number of hydrogen-bond acceptors (Lipinski definition) is 2. The molecule has 0 aliphatic carbocycles. The molecule has 2 unspecified atom stereocenters. The van der Waals surface area contributed by atoms with Crippen molar-refractivity contribution in [1.29, 1.82) is 0 Å². The molecule has 18 heavy (non-hydrogen) atoms. The number of hydrogen-bond donors (Lipinski definition) is 2. The van der Waals surface area contributed by atoms with Crippen LogP contribution in [0.5, 0.6) is 0 Å². The van der Waals surface area contributed by atoms with Crippen LogP contribution in [0, 0.1) is 11.6 Å². The monoisotopic (exact) mass is 257 g/mol. The number of rotatable bonds is 5. The van der Waals surface area contributed by atoms with Gasteiger partial charge in [0.15, 0.2) is 0 Å². The lowest BCUT2D eigenvalue weighted by molar-refractivity contribution is -0.145. The Labute approximate surface area is 105 Å². The molecule has 100 valence electrons. The summed E-state index contributed by atoms with van der Waals surface area (Å²) in [4.78, 5) is 11.4. The van der Waals surface area contributed by atoms with E-state index in [0.29, 0.717) is 6.42 Å². The SMILES string of the molecule is CCC(C)NC(C)(C(=O)O)c1cc(F)ccc1F. The number of carboxylic acids is 1. The van der Waals surface area contributed by atoms with Gasteiger partial charge in [0.1, 0.15) is 17.2 Å². The van der Waals surface area contributed by atoms with E-state index in [9.17, 15) is 18.7 Å². The zero-order valence-electron chi connectivity index (χ0n) is 10.6.